The molecule has 2 rings (SSSR count). The largest absolute Gasteiger partial charge is 0.490 e. The molecule has 0 aliphatic heterocycles. The number of nitrogens with zero attached hydrogens (tertiary/aromatic N) is 2. The van der Waals surface area contributed by atoms with Crippen molar-refractivity contribution in [2.75, 3.05) is 7.11 Å². The van der Waals surface area contributed by atoms with Crippen LogP contribution < -0.4 is 10.3 Å². The number of benzene rings is 1. The summed E-state index contributed by atoms with van der Waals surface area (Å²) in [6, 6.07) is 3.06. The molecule has 1 aromatic carbocycles. The van der Waals surface area contributed by atoms with Crippen molar-refractivity contribution in [2.45, 2.75) is 0 Å². The van der Waals surface area contributed by atoms with Gasteiger partial charge in [-0.2, -0.15) is 9.78 Å². The van der Waals surface area contributed by atoms with Crippen LogP contribution in [0.1, 0.15) is 0 Å². The fourth-order valence-electron chi connectivity index (χ4n) is 1.40. The Morgan fingerprint density at radius 3 is 2.67 bits per heavy atom. The highest BCUT2D eigenvalue weighted by Gasteiger charge is 2.12. The van der Waals surface area contributed by atoms with Crippen LogP contribution in [-0.2, 0) is 0 Å². The van der Waals surface area contributed by atoms with E-state index in [0.717, 1.165) is 16.8 Å². The van der Waals surface area contributed by atoms with Crippen molar-refractivity contribution in [3.8, 4) is 11.4 Å². The smallest absolute Gasteiger partial charge is 0.314 e. The molecule has 7 heteroatoms. The molecule has 0 amide bonds. The van der Waals surface area contributed by atoms with Crippen molar-refractivity contribution in [1.82, 2.24) is 9.78 Å². The van der Waals surface area contributed by atoms with Crippen LogP contribution in [0.3, 0.4) is 0 Å². The fourth-order valence-corrected chi connectivity index (χ4v) is 1.83. The lowest BCUT2D eigenvalue weighted by atomic mass is 10.3. The number of hydrogen-bond acceptors (Lipinski definition) is 3. The molecule has 0 N–H and O–H groups in total. The molecule has 1 aromatic heterocycles. The third kappa shape index (κ3) is 2.13. The maximum absolute atomic E-state index is 13.1. The second-order valence-corrected chi connectivity index (χ2v) is 4.20. The Labute approximate surface area is 109 Å². The van der Waals surface area contributed by atoms with Crippen LogP contribution in [0.2, 0.25) is 0 Å². The van der Waals surface area contributed by atoms with Crippen LogP contribution in [0.5, 0.6) is 5.75 Å². The molecule has 0 fully saturated rings. The minimum Gasteiger partial charge on any atom is -0.490 e. The van der Waals surface area contributed by atoms with Crippen molar-refractivity contribution in [3.05, 3.63) is 50.9 Å². The quantitative estimate of drug-likeness (QED) is 0.853. The summed E-state index contributed by atoms with van der Waals surface area (Å²) < 4.78 is 32.1. The second-order valence-electron chi connectivity index (χ2n) is 3.34. The van der Waals surface area contributed by atoms with Gasteiger partial charge < -0.3 is 4.74 Å². The van der Waals surface area contributed by atoms with Gasteiger partial charge in [-0.3, -0.25) is 4.79 Å². The first kappa shape index (κ1) is 12.7. The molecule has 0 bridgehead atoms. The third-order valence-electron chi connectivity index (χ3n) is 2.24. The summed E-state index contributed by atoms with van der Waals surface area (Å²) in [6.07, 6.45) is 1.33. The number of methoxy groups -OCH3 is 1. The molecule has 0 saturated carbocycles. The monoisotopic (exact) mass is 316 g/mol. The van der Waals surface area contributed by atoms with Crippen molar-refractivity contribution >= 4 is 15.9 Å². The molecule has 2 aromatic rings. The molecule has 0 aliphatic carbocycles. The summed E-state index contributed by atoms with van der Waals surface area (Å²) in [5.74, 6) is -2.01. The Morgan fingerprint density at radius 2 is 2.06 bits per heavy atom. The fraction of sp³-hybridized carbons (Fsp3) is 0.0909. The Kier molecular flexibility index (Phi) is 3.42. The van der Waals surface area contributed by atoms with E-state index in [1.807, 2.05) is 0 Å². The van der Waals surface area contributed by atoms with Gasteiger partial charge in [-0.15, -0.1) is 0 Å². The topological polar surface area (TPSA) is 44.1 Å². The molecule has 0 atom stereocenters. The van der Waals surface area contributed by atoms with E-state index in [2.05, 4.69) is 21.0 Å². The van der Waals surface area contributed by atoms with E-state index in [1.54, 1.807) is 0 Å². The lowest BCUT2D eigenvalue weighted by molar-refractivity contribution is 0.400. The molecular formula is C11H7BrF2N2O2. The zero-order valence-corrected chi connectivity index (χ0v) is 10.7. The molecule has 0 unspecified atom stereocenters. The van der Waals surface area contributed by atoms with Gasteiger partial charge in [0.05, 0.1) is 23.5 Å². The van der Waals surface area contributed by atoms with E-state index < -0.39 is 17.2 Å². The zero-order valence-electron chi connectivity index (χ0n) is 9.15. The highest BCUT2D eigenvalue weighted by molar-refractivity contribution is 9.10. The first-order valence-corrected chi connectivity index (χ1v) is 5.61. The van der Waals surface area contributed by atoms with Crippen molar-refractivity contribution in [2.24, 2.45) is 0 Å². The van der Waals surface area contributed by atoms with Gasteiger partial charge in [0.15, 0.2) is 11.6 Å². The van der Waals surface area contributed by atoms with E-state index >= 15 is 0 Å². The minimum absolute atomic E-state index is 0.0368. The molecule has 0 aliphatic rings. The van der Waals surface area contributed by atoms with Crippen LogP contribution in [0, 0.1) is 11.6 Å². The van der Waals surface area contributed by atoms with Gasteiger partial charge in [-0.05, 0) is 28.1 Å². The van der Waals surface area contributed by atoms with E-state index in [4.69, 9.17) is 4.74 Å². The van der Waals surface area contributed by atoms with Gasteiger partial charge in [-0.25, -0.2) is 8.78 Å². The van der Waals surface area contributed by atoms with Crippen LogP contribution >= 0.6 is 15.9 Å². The lowest BCUT2D eigenvalue weighted by Gasteiger charge is -2.07. The van der Waals surface area contributed by atoms with Gasteiger partial charge in [0.2, 0.25) is 5.75 Å². The average Bonchev–Trinajstić information content (AvgIpc) is 2.34. The van der Waals surface area contributed by atoms with Crippen LogP contribution in [0.4, 0.5) is 8.78 Å². The first-order valence-electron chi connectivity index (χ1n) is 4.82. The highest BCUT2D eigenvalue weighted by Crippen LogP contribution is 2.19. The number of rotatable bonds is 2. The molecule has 1 heterocycles. The number of hydrogen-bond donors (Lipinski definition) is 0. The van der Waals surface area contributed by atoms with Crippen molar-refractivity contribution in [1.29, 1.82) is 0 Å². The van der Waals surface area contributed by atoms with Crippen LogP contribution in [0.15, 0.2) is 33.7 Å². The molecule has 0 saturated heterocycles. The van der Waals surface area contributed by atoms with Crippen LogP contribution in [0.25, 0.3) is 5.69 Å². The summed E-state index contributed by atoms with van der Waals surface area (Å²) in [7, 11) is 1.33. The SMILES string of the molecule is COc1c(Br)cnn(-c2ccc(F)c(F)c2)c1=O. The maximum atomic E-state index is 13.1. The normalized spacial score (nSPS) is 10.4. The summed E-state index contributed by atoms with van der Waals surface area (Å²) in [5.41, 5.74) is -0.456. The van der Waals surface area contributed by atoms with Crippen molar-refractivity contribution < 1.29 is 13.5 Å². The summed E-state index contributed by atoms with van der Waals surface area (Å²) in [5, 5.41) is 3.82. The van der Waals surface area contributed by atoms with Gasteiger partial charge in [-0.1, -0.05) is 0 Å². The van der Waals surface area contributed by atoms with Crippen LogP contribution in [-0.4, -0.2) is 16.9 Å². The zero-order chi connectivity index (χ0) is 13.3. The number of halogens is 3. The van der Waals surface area contributed by atoms with Gasteiger partial charge in [0, 0.05) is 6.07 Å². The maximum Gasteiger partial charge on any atom is 0.314 e. The van der Waals surface area contributed by atoms with Crippen molar-refractivity contribution in [3.63, 3.8) is 0 Å². The Morgan fingerprint density at radius 1 is 1.33 bits per heavy atom. The van der Waals surface area contributed by atoms with E-state index in [-0.39, 0.29) is 11.4 Å². The molecule has 0 spiro atoms. The number of aromatic nitrogens is 2. The third-order valence-corrected chi connectivity index (χ3v) is 2.81. The molecule has 0 radical (unpaired) electrons. The average molecular weight is 317 g/mol. The standard InChI is InChI=1S/C11H7BrF2N2O2/c1-18-10-7(12)5-15-16(11(10)17)6-2-3-8(13)9(14)4-6/h2-5H,1H3. The summed E-state index contributed by atoms with van der Waals surface area (Å²) in [6.45, 7) is 0. The summed E-state index contributed by atoms with van der Waals surface area (Å²) >= 11 is 3.11. The van der Waals surface area contributed by atoms with E-state index in [9.17, 15) is 13.6 Å². The summed E-state index contributed by atoms with van der Waals surface area (Å²) in [4.78, 5) is 11.9. The number of ether oxygens (including phenoxy) is 1. The molecule has 94 valence electrons. The molecule has 18 heavy (non-hydrogen) atoms. The van der Waals surface area contributed by atoms with E-state index in [0.29, 0.717) is 4.47 Å². The second kappa shape index (κ2) is 4.85. The molecule has 4 nitrogen and oxygen atoms in total. The van der Waals surface area contributed by atoms with Gasteiger partial charge in [0.25, 0.3) is 0 Å². The first-order chi connectivity index (χ1) is 8.54. The minimum atomic E-state index is -1.05. The predicted octanol–water partition coefficient (Wildman–Crippen LogP) is 2.28. The Bertz CT molecular complexity index is 658. The van der Waals surface area contributed by atoms with Gasteiger partial charge >= 0.3 is 5.56 Å². The molecular weight excluding hydrogens is 310 g/mol. The predicted molar refractivity (Wildman–Crippen MR) is 64.0 cm³/mol. The van der Waals surface area contributed by atoms with Gasteiger partial charge in [0.1, 0.15) is 0 Å². The Balaban J connectivity index is 2.65. The highest BCUT2D eigenvalue weighted by atomic mass is 79.9. The van der Waals surface area contributed by atoms with E-state index in [1.165, 1.54) is 19.4 Å². The Hall–Kier alpha value is -1.76. The lowest BCUT2D eigenvalue weighted by Crippen LogP contribution is -2.22.